The van der Waals surface area contributed by atoms with Crippen molar-refractivity contribution in [3.63, 3.8) is 0 Å². The van der Waals surface area contributed by atoms with Crippen LogP contribution in [0.15, 0.2) is 36.5 Å². The van der Waals surface area contributed by atoms with E-state index in [9.17, 15) is 9.90 Å². The van der Waals surface area contributed by atoms with E-state index >= 15 is 0 Å². The smallest absolute Gasteiger partial charge is 0.158 e. The zero-order valence-electron chi connectivity index (χ0n) is 14.5. The first-order valence-electron chi connectivity index (χ1n) is 8.33. The molecule has 2 nitrogen and oxygen atoms in total. The van der Waals surface area contributed by atoms with Crippen molar-refractivity contribution in [2.75, 3.05) is 0 Å². The third-order valence-corrected chi connectivity index (χ3v) is 6.47. The fourth-order valence-corrected chi connectivity index (χ4v) is 4.70. The lowest BCUT2D eigenvalue weighted by atomic mass is 9.46. The maximum atomic E-state index is 12.5. The molecule has 1 N–H and O–H groups in total. The van der Waals surface area contributed by atoms with E-state index < -0.39 is 0 Å². The van der Waals surface area contributed by atoms with Gasteiger partial charge in [-0.3, -0.25) is 4.79 Å². The number of rotatable bonds is 3. The Morgan fingerprint density at radius 2 is 2.05 bits per heavy atom. The highest BCUT2D eigenvalue weighted by molar-refractivity contribution is 5.96. The Morgan fingerprint density at radius 3 is 2.64 bits per heavy atom. The van der Waals surface area contributed by atoms with E-state index in [2.05, 4.69) is 40.0 Å². The monoisotopic (exact) mass is 302 g/mol. The average molecular weight is 302 g/mol. The van der Waals surface area contributed by atoms with Gasteiger partial charge in [0.1, 0.15) is 0 Å². The lowest BCUT2D eigenvalue weighted by Gasteiger charge is -2.58. The van der Waals surface area contributed by atoms with Gasteiger partial charge in [0, 0.05) is 6.42 Å². The highest BCUT2D eigenvalue weighted by Crippen LogP contribution is 2.60. The van der Waals surface area contributed by atoms with E-state index in [1.54, 1.807) is 0 Å². The molecular weight excluding hydrogens is 272 g/mol. The fourth-order valence-electron chi connectivity index (χ4n) is 4.70. The molecule has 0 saturated heterocycles. The molecule has 2 heteroatoms. The molecule has 0 radical (unpaired) electrons. The van der Waals surface area contributed by atoms with Gasteiger partial charge in [0.2, 0.25) is 0 Å². The molecule has 22 heavy (non-hydrogen) atoms. The van der Waals surface area contributed by atoms with Crippen molar-refractivity contribution in [3.8, 4) is 0 Å². The van der Waals surface area contributed by atoms with Crippen LogP contribution in [-0.2, 0) is 4.79 Å². The van der Waals surface area contributed by atoms with Gasteiger partial charge in [-0.2, -0.15) is 0 Å². The van der Waals surface area contributed by atoms with E-state index in [1.807, 2.05) is 13.0 Å². The molecule has 0 aromatic rings. The second kappa shape index (κ2) is 5.81. The predicted octanol–water partition coefficient (Wildman–Crippen LogP) is 4.46. The van der Waals surface area contributed by atoms with E-state index in [-0.39, 0.29) is 34.6 Å². The summed E-state index contributed by atoms with van der Waals surface area (Å²) < 4.78 is 0. The minimum absolute atomic E-state index is 0.0334. The standard InChI is InChI=1S/C20H30O2/c1-7-13(2)8-9-15-14(3)16(21)12-17-19(4,5)18(22)10-11-20(15,17)6/h7-8,15,17-18,22H,1,3,9-12H2,2,4-6H3. The van der Waals surface area contributed by atoms with Gasteiger partial charge in [0.05, 0.1) is 6.10 Å². The molecule has 0 heterocycles. The van der Waals surface area contributed by atoms with Crippen molar-refractivity contribution in [2.24, 2.45) is 22.7 Å². The molecule has 2 rings (SSSR count). The van der Waals surface area contributed by atoms with Crippen molar-refractivity contribution in [1.82, 2.24) is 0 Å². The number of aliphatic hydroxyl groups is 1. The second-order valence-corrected chi connectivity index (χ2v) is 8.03. The minimum Gasteiger partial charge on any atom is -0.393 e. The van der Waals surface area contributed by atoms with Gasteiger partial charge in [-0.15, -0.1) is 0 Å². The number of carbonyl (C=O) groups is 1. The highest BCUT2D eigenvalue weighted by Gasteiger charge is 2.57. The molecular formula is C20H30O2. The van der Waals surface area contributed by atoms with E-state index in [1.165, 1.54) is 0 Å². The number of fused-ring (bicyclic) bond motifs is 1. The Hall–Kier alpha value is -1.15. The lowest BCUT2D eigenvalue weighted by molar-refractivity contribution is -0.144. The summed E-state index contributed by atoms with van der Waals surface area (Å²) in [7, 11) is 0. The number of hydrogen-bond acceptors (Lipinski definition) is 2. The van der Waals surface area contributed by atoms with Crippen LogP contribution in [0.5, 0.6) is 0 Å². The molecule has 2 saturated carbocycles. The van der Waals surface area contributed by atoms with Crippen LogP contribution in [0.2, 0.25) is 0 Å². The summed E-state index contributed by atoms with van der Waals surface area (Å²) in [4.78, 5) is 12.5. The highest BCUT2D eigenvalue weighted by atomic mass is 16.3. The second-order valence-electron chi connectivity index (χ2n) is 8.03. The van der Waals surface area contributed by atoms with E-state index in [4.69, 9.17) is 0 Å². The number of aliphatic hydroxyl groups excluding tert-OH is 1. The number of hydrogen-bond donors (Lipinski definition) is 1. The van der Waals surface area contributed by atoms with Crippen molar-refractivity contribution in [2.45, 2.75) is 59.5 Å². The molecule has 0 spiro atoms. The van der Waals surface area contributed by atoms with Crippen LogP contribution in [0.1, 0.15) is 53.4 Å². The summed E-state index contributed by atoms with van der Waals surface area (Å²) in [6.07, 6.45) is 6.82. The van der Waals surface area contributed by atoms with Crippen LogP contribution < -0.4 is 0 Å². The van der Waals surface area contributed by atoms with Crippen LogP contribution in [-0.4, -0.2) is 17.0 Å². The largest absolute Gasteiger partial charge is 0.393 e. The summed E-state index contributed by atoms with van der Waals surface area (Å²) in [5.41, 5.74) is 1.73. The molecule has 0 aromatic carbocycles. The Bertz CT molecular complexity index is 526. The number of ketones is 1. The molecule has 0 amide bonds. The predicted molar refractivity (Wildman–Crippen MR) is 91.4 cm³/mol. The molecule has 0 aromatic heterocycles. The Balaban J connectivity index is 2.40. The Kier molecular flexibility index (Phi) is 4.54. The van der Waals surface area contributed by atoms with Crippen LogP contribution in [0, 0.1) is 22.7 Å². The van der Waals surface area contributed by atoms with Gasteiger partial charge < -0.3 is 5.11 Å². The van der Waals surface area contributed by atoms with E-state index in [0.29, 0.717) is 6.42 Å². The maximum absolute atomic E-state index is 12.5. The Morgan fingerprint density at radius 1 is 1.41 bits per heavy atom. The van der Waals surface area contributed by atoms with Gasteiger partial charge in [-0.25, -0.2) is 0 Å². The Labute approximate surface area is 135 Å². The summed E-state index contributed by atoms with van der Waals surface area (Å²) in [5, 5.41) is 10.4. The van der Waals surface area contributed by atoms with Crippen molar-refractivity contribution in [3.05, 3.63) is 36.5 Å². The van der Waals surface area contributed by atoms with Gasteiger partial charge in [0.25, 0.3) is 0 Å². The van der Waals surface area contributed by atoms with Crippen LogP contribution >= 0.6 is 0 Å². The normalized spacial score (nSPS) is 38.6. The summed E-state index contributed by atoms with van der Waals surface area (Å²) in [5.74, 6) is 0.559. The first kappa shape index (κ1) is 17.2. The first-order valence-corrected chi connectivity index (χ1v) is 8.33. The third-order valence-electron chi connectivity index (χ3n) is 6.47. The first-order chi connectivity index (χ1) is 10.1. The lowest BCUT2D eigenvalue weighted by Crippen LogP contribution is -2.56. The number of Topliss-reactive ketones (excluding diaryl/α,β-unsaturated/α-hetero) is 1. The molecule has 122 valence electrons. The van der Waals surface area contributed by atoms with Gasteiger partial charge in [0.15, 0.2) is 5.78 Å². The maximum Gasteiger partial charge on any atom is 0.158 e. The topological polar surface area (TPSA) is 37.3 Å². The van der Waals surface area contributed by atoms with Crippen LogP contribution in [0.25, 0.3) is 0 Å². The SMILES string of the molecule is C=CC(C)=CCC1C(=C)C(=O)CC2C(C)(C)C(O)CCC12C. The molecule has 2 aliphatic rings. The summed E-state index contributed by atoms with van der Waals surface area (Å²) in [6.45, 7) is 16.5. The van der Waals surface area contributed by atoms with Crippen LogP contribution in [0.3, 0.4) is 0 Å². The third kappa shape index (κ3) is 2.62. The number of allylic oxidation sites excluding steroid dienone is 4. The van der Waals surface area contributed by atoms with Crippen LogP contribution in [0.4, 0.5) is 0 Å². The van der Waals surface area contributed by atoms with Gasteiger partial charge in [-0.1, -0.05) is 51.7 Å². The average Bonchev–Trinajstić information content (AvgIpc) is 2.46. The zero-order chi connectivity index (χ0) is 16.7. The zero-order valence-corrected chi connectivity index (χ0v) is 14.5. The van der Waals surface area contributed by atoms with Crippen molar-refractivity contribution < 1.29 is 9.90 Å². The molecule has 2 aliphatic carbocycles. The number of carbonyl (C=O) groups excluding carboxylic acids is 1. The molecule has 2 fully saturated rings. The minimum atomic E-state index is -0.323. The van der Waals surface area contributed by atoms with Gasteiger partial charge in [-0.05, 0) is 54.4 Å². The molecule has 4 unspecified atom stereocenters. The quantitative estimate of drug-likeness (QED) is 0.617. The van der Waals surface area contributed by atoms with Crippen molar-refractivity contribution in [1.29, 1.82) is 0 Å². The van der Waals surface area contributed by atoms with E-state index in [0.717, 1.165) is 30.4 Å². The molecule has 4 atom stereocenters. The van der Waals surface area contributed by atoms with Crippen molar-refractivity contribution >= 4 is 5.78 Å². The fraction of sp³-hybridized carbons (Fsp3) is 0.650. The van der Waals surface area contributed by atoms with Gasteiger partial charge >= 0.3 is 0 Å². The molecule has 0 bridgehead atoms. The molecule has 0 aliphatic heterocycles. The summed E-state index contributed by atoms with van der Waals surface area (Å²) in [6, 6.07) is 0. The summed E-state index contributed by atoms with van der Waals surface area (Å²) >= 11 is 0.